The number of carbonyl (C=O) groups is 1. The van der Waals surface area contributed by atoms with E-state index < -0.39 is 6.04 Å². The van der Waals surface area contributed by atoms with Crippen molar-refractivity contribution in [2.45, 2.75) is 31.3 Å². The average molecular weight is 340 g/mol. The lowest BCUT2D eigenvalue weighted by molar-refractivity contribution is -0.116. The number of hydrogen-bond donors (Lipinski definition) is 3. The van der Waals surface area contributed by atoms with Gasteiger partial charge >= 0.3 is 0 Å². The molecule has 1 amide bonds. The molecule has 1 fully saturated rings. The minimum Gasteiger partial charge on any atom is -0.395 e. The second-order valence-electron chi connectivity index (χ2n) is 5.36. The van der Waals surface area contributed by atoms with Gasteiger partial charge in [-0.05, 0) is 47.3 Å². The number of nitrogens with one attached hydrogen (secondary N) is 1. The lowest BCUT2D eigenvalue weighted by atomic mass is 9.91. The Morgan fingerprint density at radius 1 is 1.45 bits per heavy atom. The quantitative estimate of drug-likeness (QED) is 0.780. The van der Waals surface area contributed by atoms with Crippen LogP contribution in [0.2, 0.25) is 0 Å². The summed E-state index contributed by atoms with van der Waals surface area (Å²) in [7, 11) is 0. The molecule has 0 radical (unpaired) electrons. The summed E-state index contributed by atoms with van der Waals surface area (Å²) in [4.78, 5) is 13.9. The zero-order valence-corrected chi connectivity index (χ0v) is 12.7. The molecule has 1 unspecified atom stereocenters. The van der Waals surface area contributed by atoms with Crippen molar-refractivity contribution in [2.75, 3.05) is 23.4 Å². The molecule has 1 atom stereocenters. The fourth-order valence-electron chi connectivity index (χ4n) is 2.82. The maximum Gasteiger partial charge on any atom is 0.245 e. The number of nitrogens with zero attached hydrogens (tertiary/aromatic N) is 1. The minimum absolute atomic E-state index is 0.117. The first-order valence-electron chi connectivity index (χ1n) is 6.89. The van der Waals surface area contributed by atoms with E-state index in [2.05, 4.69) is 26.1 Å². The van der Waals surface area contributed by atoms with Gasteiger partial charge in [0.1, 0.15) is 6.04 Å². The Hall–Kier alpha value is -1.11. The molecule has 0 bridgehead atoms. The number of carbonyl (C=O) groups excluding carboxylic acids is 1. The highest BCUT2D eigenvalue weighted by molar-refractivity contribution is 9.10. The van der Waals surface area contributed by atoms with Crippen molar-refractivity contribution in [3.8, 4) is 0 Å². The summed E-state index contributed by atoms with van der Waals surface area (Å²) in [5.41, 5.74) is 8.47. The van der Waals surface area contributed by atoms with Gasteiger partial charge in [-0.2, -0.15) is 0 Å². The van der Waals surface area contributed by atoms with Crippen molar-refractivity contribution in [1.29, 1.82) is 0 Å². The number of anilines is 2. The van der Waals surface area contributed by atoms with Crippen LogP contribution < -0.4 is 16.0 Å². The molecule has 1 aliphatic heterocycles. The number of benzene rings is 1. The topological polar surface area (TPSA) is 78.6 Å². The van der Waals surface area contributed by atoms with Gasteiger partial charge in [0.25, 0.3) is 0 Å². The number of aliphatic hydroxyl groups excluding tert-OH is 1. The van der Waals surface area contributed by atoms with Gasteiger partial charge in [0, 0.05) is 28.3 Å². The van der Waals surface area contributed by atoms with Crippen LogP contribution in [0.4, 0.5) is 11.4 Å². The van der Waals surface area contributed by atoms with Gasteiger partial charge in [-0.25, -0.2) is 0 Å². The fourth-order valence-corrected chi connectivity index (χ4v) is 3.41. The highest BCUT2D eigenvalue weighted by Crippen LogP contribution is 2.40. The Bertz CT molecular complexity index is 545. The summed E-state index contributed by atoms with van der Waals surface area (Å²) in [6, 6.07) is 3.75. The molecule has 1 aromatic rings. The number of halogens is 1. The maximum absolute atomic E-state index is 11.6. The first-order valence-corrected chi connectivity index (χ1v) is 7.68. The first-order chi connectivity index (χ1) is 9.61. The van der Waals surface area contributed by atoms with Gasteiger partial charge in [0.15, 0.2) is 0 Å². The van der Waals surface area contributed by atoms with Crippen LogP contribution in [0, 0.1) is 0 Å². The Balaban J connectivity index is 1.97. The summed E-state index contributed by atoms with van der Waals surface area (Å²) in [5.74, 6) is -0.165. The summed E-state index contributed by atoms with van der Waals surface area (Å²) >= 11 is 3.57. The smallest absolute Gasteiger partial charge is 0.245 e. The van der Waals surface area contributed by atoms with Crippen molar-refractivity contribution in [3.63, 3.8) is 0 Å². The molecule has 0 saturated heterocycles. The van der Waals surface area contributed by atoms with Crippen LogP contribution in [-0.4, -0.2) is 30.2 Å². The monoisotopic (exact) mass is 339 g/mol. The molecular weight excluding hydrogens is 322 g/mol. The predicted octanol–water partition coefficient (Wildman–Crippen LogP) is 1.75. The van der Waals surface area contributed by atoms with Crippen LogP contribution in [0.3, 0.4) is 0 Å². The number of rotatable bonds is 4. The highest BCUT2D eigenvalue weighted by Gasteiger charge is 2.31. The van der Waals surface area contributed by atoms with Crippen molar-refractivity contribution >= 4 is 33.2 Å². The number of aliphatic hydroxyl groups is 1. The second-order valence-corrected chi connectivity index (χ2v) is 6.21. The Labute approximate surface area is 126 Å². The van der Waals surface area contributed by atoms with Crippen LogP contribution in [0.25, 0.3) is 0 Å². The van der Waals surface area contributed by atoms with Crippen LogP contribution >= 0.6 is 15.9 Å². The molecule has 108 valence electrons. The molecule has 4 N–H and O–H groups in total. The molecule has 0 aromatic heterocycles. The van der Waals surface area contributed by atoms with Crippen LogP contribution in [0.1, 0.15) is 30.9 Å². The normalized spacial score (nSPS) is 21.4. The molecule has 2 aliphatic rings. The zero-order valence-electron chi connectivity index (χ0n) is 11.1. The molecule has 5 nitrogen and oxygen atoms in total. The Morgan fingerprint density at radius 3 is 2.80 bits per heavy atom. The van der Waals surface area contributed by atoms with E-state index in [1.165, 1.54) is 6.42 Å². The largest absolute Gasteiger partial charge is 0.395 e. The van der Waals surface area contributed by atoms with Crippen molar-refractivity contribution in [2.24, 2.45) is 5.73 Å². The number of nitrogens with two attached hydrogens (primary N) is 1. The second kappa shape index (κ2) is 5.35. The van der Waals surface area contributed by atoms with E-state index in [1.54, 1.807) is 0 Å². The summed E-state index contributed by atoms with van der Waals surface area (Å²) in [5, 5.41) is 12.1. The van der Waals surface area contributed by atoms with E-state index in [1.807, 2.05) is 12.1 Å². The zero-order chi connectivity index (χ0) is 14.3. The first kappa shape index (κ1) is 13.9. The van der Waals surface area contributed by atoms with E-state index >= 15 is 0 Å². The van der Waals surface area contributed by atoms with E-state index in [0.717, 1.165) is 34.3 Å². The molecule has 1 aliphatic carbocycles. The third-order valence-electron chi connectivity index (χ3n) is 4.16. The van der Waals surface area contributed by atoms with E-state index in [4.69, 9.17) is 5.73 Å². The van der Waals surface area contributed by atoms with Crippen LogP contribution in [0.15, 0.2) is 16.6 Å². The molecule has 3 rings (SSSR count). The van der Waals surface area contributed by atoms with E-state index in [-0.39, 0.29) is 12.5 Å². The molecule has 0 spiro atoms. The SMILES string of the molecule is NC1C(=O)Nc2cc(N(CCO)C3CCC3)c(Br)cc21. The Morgan fingerprint density at radius 2 is 2.20 bits per heavy atom. The van der Waals surface area contributed by atoms with Gasteiger partial charge in [-0.3, -0.25) is 4.79 Å². The predicted molar refractivity (Wildman–Crippen MR) is 81.8 cm³/mol. The fraction of sp³-hybridized carbons (Fsp3) is 0.500. The molecule has 6 heteroatoms. The maximum atomic E-state index is 11.6. The van der Waals surface area contributed by atoms with Gasteiger partial charge in [0.2, 0.25) is 5.91 Å². The van der Waals surface area contributed by atoms with Crippen molar-refractivity contribution < 1.29 is 9.90 Å². The lowest BCUT2D eigenvalue weighted by Gasteiger charge is -2.39. The summed E-state index contributed by atoms with van der Waals surface area (Å²) in [6.07, 6.45) is 3.53. The third kappa shape index (κ3) is 2.21. The summed E-state index contributed by atoms with van der Waals surface area (Å²) in [6.45, 7) is 0.716. The third-order valence-corrected chi connectivity index (χ3v) is 4.80. The standard InChI is InChI=1S/C14H18BrN3O2/c15-10-6-9-11(17-14(20)13(9)16)7-12(10)18(4-5-19)8-2-1-3-8/h6-8,13,19H,1-5,16H2,(H,17,20). The van der Waals surface area contributed by atoms with Crippen molar-refractivity contribution in [1.82, 2.24) is 0 Å². The molecular formula is C14H18BrN3O2. The van der Waals surface area contributed by atoms with E-state index in [0.29, 0.717) is 12.6 Å². The number of hydrogen-bond acceptors (Lipinski definition) is 4. The number of amides is 1. The average Bonchev–Trinajstić information content (AvgIpc) is 2.62. The van der Waals surface area contributed by atoms with Gasteiger partial charge in [0.05, 0.1) is 12.3 Å². The molecule has 1 heterocycles. The summed E-state index contributed by atoms with van der Waals surface area (Å²) < 4.78 is 0.920. The Kier molecular flexibility index (Phi) is 3.70. The van der Waals surface area contributed by atoms with Crippen molar-refractivity contribution in [3.05, 3.63) is 22.2 Å². The molecule has 1 aromatic carbocycles. The molecule has 1 saturated carbocycles. The van der Waals surface area contributed by atoms with Crippen LogP contribution in [0.5, 0.6) is 0 Å². The lowest BCUT2D eigenvalue weighted by Crippen LogP contribution is -2.42. The van der Waals surface area contributed by atoms with Gasteiger partial charge < -0.3 is 21.1 Å². The highest BCUT2D eigenvalue weighted by atomic mass is 79.9. The number of fused-ring (bicyclic) bond motifs is 1. The van der Waals surface area contributed by atoms with Gasteiger partial charge in [-0.1, -0.05) is 0 Å². The van der Waals surface area contributed by atoms with Crippen LogP contribution in [-0.2, 0) is 4.79 Å². The molecule has 20 heavy (non-hydrogen) atoms. The minimum atomic E-state index is -0.592. The van der Waals surface area contributed by atoms with Gasteiger partial charge in [-0.15, -0.1) is 0 Å². The van der Waals surface area contributed by atoms with E-state index in [9.17, 15) is 9.90 Å².